The van der Waals surface area contributed by atoms with Gasteiger partial charge in [-0.15, -0.1) is 5.10 Å². The minimum atomic E-state index is 0.687. The number of quaternary nitrogens is 1. The van der Waals surface area contributed by atoms with Crippen LogP contribution in [0.25, 0.3) is 17.1 Å². The van der Waals surface area contributed by atoms with Gasteiger partial charge in [0.25, 0.3) is 0 Å². The van der Waals surface area contributed by atoms with E-state index in [1.807, 2.05) is 33.5 Å². The van der Waals surface area contributed by atoms with E-state index in [2.05, 4.69) is 31.2 Å². The van der Waals surface area contributed by atoms with Crippen molar-refractivity contribution in [1.82, 2.24) is 14.3 Å². The molecule has 4 rings (SSSR count). The predicted octanol–water partition coefficient (Wildman–Crippen LogP) is 2.90. The number of aryl methyl sites for hydroxylation is 1. The Bertz CT molecular complexity index is 973. The van der Waals surface area contributed by atoms with E-state index in [9.17, 15) is 0 Å². The van der Waals surface area contributed by atoms with Gasteiger partial charge in [-0.2, -0.15) is 4.68 Å². The lowest BCUT2D eigenvalue weighted by Crippen LogP contribution is -3.13. The lowest BCUT2D eigenvalue weighted by atomic mass is 10.1. The minimum Gasteiger partial charge on any atom is -0.370 e. The second-order valence-electron chi connectivity index (χ2n) is 6.80. The van der Waals surface area contributed by atoms with Gasteiger partial charge in [0, 0.05) is 10.6 Å². The number of halogens is 1. The zero-order valence-electron chi connectivity index (χ0n) is 15.2. The highest BCUT2D eigenvalue weighted by atomic mass is 35.5. The first-order valence-corrected chi connectivity index (χ1v) is 9.84. The number of hydrogen-bond acceptors (Lipinski definition) is 3. The Balaban J connectivity index is 1.80. The summed E-state index contributed by atoms with van der Waals surface area (Å²) in [6, 6.07) is 16.1. The predicted molar refractivity (Wildman–Crippen MR) is 109 cm³/mol. The molecular formula is C20H22ClN4OS+. The van der Waals surface area contributed by atoms with Crippen LogP contribution in [0.15, 0.2) is 48.5 Å². The molecule has 1 aromatic heterocycles. The molecule has 0 unspecified atom stereocenters. The highest BCUT2D eigenvalue weighted by Gasteiger charge is 2.19. The maximum atomic E-state index is 6.08. The molecule has 0 bridgehead atoms. The van der Waals surface area contributed by atoms with Crippen molar-refractivity contribution < 1.29 is 9.64 Å². The van der Waals surface area contributed by atoms with E-state index in [4.69, 9.17) is 33.7 Å². The first-order chi connectivity index (χ1) is 13.1. The average molecular weight is 402 g/mol. The summed E-state index contributed by atoms with van der Waals surface area (Å²) in [6.45, 7) is 6.32. The summed E-state index contributed by atoms with van der Waals surface area (Å²) >= 11 is 11.9. The molecular weight excluding hydrogens is 380 g/mol. The number of rotatable bonds is 4. The van der Waals surface area contributed by atoms with Crippen molar-refractivity contribution in [3.63, 3.8) is 0 Å². The number of nitrogens with one attached hydrogen (secondary N) is 1. The van der Waals surface area contributed by atoms with Gasteiger partial charge in [0.15, 0.2) is 12.5 Å². The summed E-state index contributed by atoms with van der Waals surface area (Å²) in [6.07, 6.45) is 0. The Kier molecular flexibility index (Phi) is 5.41. The van der Waals surface area contributed by atoms with Crippen LogP contribution in [0.5, 0.6) is 0 Å². The molecule has 1 aliphatic heterocycles. The molecule has 1 N–H and O–H groups in total. The Morgan fingerprint density at radius 2 is 1.74 bits per heavy atom. The van der Waals surface area contributed by atoms with Crippen LogP contribution in [-0.4, -0.2) is 40.7 Å². The molecule has 1 fully saturated rings. The first kappa shape index (κ1) is 18.4. The van der Waals surface area contributed by atoms with Gasteiger partial charge in [-0.25, -0.2) is 0 Å². The molecule has 0 saturated carbocycles. The van der Waals surface area contributed by atoms with Gasteiger partial charge in [-0.3, -0.25) is 4.57 Å². The number of morpholine rings is 1. The van der Waals surface area contributed by atoms with Gasteiger partial charge in [-0.05, 0) is 43.4 Å². The summed E-state index contributed by atoms with van der Waals surface area (Å²) in [5.74, 6) is 0.843. The number of hydrogen-bond donors (Lipinski definition) is 1. The molecule has 5 nitrogen and oxygen atoms in total. The lowest BCUT2D eigenvalue weighted by Gasteiger charge is -2.23. The van der Waals surface area contributed by atoms with Crippen LogP contribution >= 0.6 is 23.8 Å². The van der Waals surface area contributed by atoms with E-state index in [0.717, 1.165) is 50.0 Å². The van der Waals surface area contributed by atoms with Crippen molar-refractivity contribution in [1.29, 1.82) is 0 Å². The van der Waals surface area contributed by atoms with Crippen LogP contribution in [-0.2, 0) is 11.4 Å². The molecule has 3 aromatic rings. The SMILES string of the molecule is Cc1ccc(-c2nn(C[NH+]3CCOCC3)c(=S)n2-c2ccc(Cl)cc2)cc1. The summed E-state index contributed by atoms with van der Waals surface area (Å²) in [5.41, 5.74) is 3.22. The fourth-order valence-corrected chi connectivity index (χ4v) is 3.68. The van der Waals surface area contributed by atoms with E-state index in [1.54, 1.807) is 0 Å². The van der Waals surface area contributed by atoms with E-state index >= 15 is 0 Å². The zero-order chi connectivity index (χ0) is 18.8. The first-order valence-electron chi connectivity index (χ1n) is 9.06. The average Bonchev–Trinajstić information content (AvgIpc) is 3.00. The number of benzene rings is 2. The standard InChI is InChI=1S/C20H21ClN4OS/c1-15-2-4-16(5-3-15)19-22-24(14-23-10-12-26-13-11-23)20(27)25(19)18-8-6-17(21)7-9-18/h2-9H,10-14H2,1H3/p+1. The van der Waals surface area contributed by atoms with Gasteiger partial charge < -0.3 is 9.64 Å². The zero-order valence-corrected chi connectivity index (χ0v) is 16.8. The van der Waals surface area contributed by atoms with Gasteiger partial charge in [0.05, 0.1) is 18.9 Å². The highest BCUT2D eigenvalue weighted by Crippen LogP contribution is 2.24. The molecule has 1 saturated heterocycles. The fraction of sp³-hybridized carbons (Fsp3) is 0.300. The molecule has 2 heterocycles. The summed E-state index contributed by atoms with van der Waals surface area (Å²) < 4.78 is 10.1. The molecule has 0 atom stereocenters. The third-order valence-corrected chi connectivity index (χ3v) is 5.45. The van der Waals surface area contributed by atoms with Crippen LogP contribution in [0.3, 0.4) is 0 Å². The minimum absolute atomic E-state index is 0.687. The van der Waals surface area contributed by atoms with E-state index in [0.29, 0.717) is 9.79 Å². The second kappa shape index (κ2) is 7.94. The Hall–Kier alpha value is -1.99. The van der Waals surface area contributed by atoms with Crippen molar-refractivity contribution in [3.8, 4) is 17.1 Å². The van der Waals surface area contributed by atoms with Crippen LogP contribution < -0.4 is 4.90 Å². The lowest BCUT2D eigenvalue weighted by molar-refractivity contribution is -0.930. The number of nitrogens with zero attached hydrogens (tertiary/aromatic N) is 3. The number of ether oxygens (including phenoxy) is 1. The largest absolute Gasteiger partial charge is 0.370 e. The van der Waals surface area contributed by atoms with Crippen molar-refractivity contribution >= 4 is 23.8 Å². The van der Waals surface area contributed by atoms with E-state index in [-0.39, 0.29) is 0 Å². The molecule has 1 aliphatic rings. The molecule has 0 spiro atoms. The molecule has 0 radical (unpaired) electrons. The van der Waals surface area contributed by atoms with Crippen LogP contribution in [0.2, 0.25) is 5.02 Å². The molecule has 0 amide bonds. The maximum absolute atomic E-state index is 6.08. The quantitative estimate of drug-likeness (QED) is 0.683. The molecule has 0 aliphatic carbocycles. The normalized spacial score (nSPS) is 15.2. The molecule has 7 heteroatoms. The molecule has 27 heavy (non-hydrogen) atoms. The molecule has 2 aromatic carbocycles. The smallest absolute Gasteiger partial charge is 0.207 e. The third kappa shape index (κ3) is 3.99. The topological polar surface area (TPSA) is 36.4 Å². The summed E-state index contributed by atoms with van der Waals surface area (Å²) in [5, 5.41) is 5.58. The van der Waals surface area contributed by atoms with Gasteiger partial charge in [-0.1, -0.05) is 41.4 Å². The third-order valence-electron chi connectivity index (χ3n) is 4.81. The van der Waals surface area contributed by atoms with Gasteiger partial charge in [0.2, 0.25) is 4.77 Å². The monoisotopic (exact) mass is 401 g/mol. The Labute approximate surface area is 168 Å². The van der Waals surface area contributed by atoms with E-state index in [1.165, 1.54) is 10.5 Å². The van der Waals surface area contributed by atoms with Crippen molar-refractivity contribution in [3.05, 3.63) is 63.9 Å². The highest BCUT2D eigenvalue weighted by molar-refractivity contribution is 7.71. The Morgan fingerprint density at radius 3 is 2.41 bits per heavy atom. The molecule has 140 valence electrons. The van der Waals surface area contributed by atoms with Crippen LogP contribution in [0.4, 0.5) is 0 Å². The fourth-order valence-electron chi connectivity index (χ4n) is 3.25. The summed E-state index contributed by atoms with van der Waals surface area (Å²) in [4.78, 5) is 1.42. The van der Waals surface area contributed by atoms with Gasteiger partial charge >= 0.3 is 0 Å². The van der Waals surface area contributed by atoms with Crippen LogP contribution in [0, 0.1) is 11.7 Å². The van der Waals surface area contributed by atoms with E-state index < -0.39 is 0 Å². The Morgan fingerprint density at radius 1 is 1.07 bits per heavy atom. The number of aromatic nitrogens is 3. The van der Waals surface area contributed by atoms with Crippen molar-refractivity contribution in [2.75, 3.05) is 26.3 Å². The summed E-state index contributed by atoms with van der Waals surface area (Å²) in [7, 11) is 0. The second-order valence-corrected chi connectivity index (χ2v) is 7.61. The van der Waals surface area contributed by atoms with Gasteiger partial charge in [0.1, 0.15) is 13.1 Å². The maximum Gasteiger partial charge on any atom is 0.207 e. The van der Waals surface area contributed by atoms with Crippen molar-refractivity contribution in [2.24, 2.45) is 0 Å². The van der Waals surface area contributed by atoms with Crippen molar-refractivity contribution in [2.45, 2.75) is 13.6 Å². The van der Waals surface area contributed by atoms with Crippen LogP contribution in [0.1, 0.15) is 5.56 Å².